The summed E-state index contributed by atoms with van der Waals surface area (Å²) in [6, 6.07) is 20.5. The van der Waals surface area contributed by atoms with E-state index in [-0.39, 0.29) is 23.1 Å². The van der Waals surface area contributed by atoms with Gasteiger partial charge in [-0.1, -0.05) is 59.5 Å². The Bertz CT molecular complexity index is 1420. The molecule has 9 nitrogen and oxygen atoms in total. The summed E-state index contributed by atoms with van der Waals surface area (Å²) in [6.45, 7) is 1.41. The molecule has 1 N–H and O–H groups in total. The molecular weight excluding hydrogens is 534 g/mol. The molecule has 1 saturated heterocycles. The Morgan fingerprint density at radius 3 is 2.59 bits per heavy atom. The van der Waals surface area contributed by atoms with Gasteiger partial charge in [-0.3, -0.25) is 14.9 Å². The summed E-state index contributed by atoms with van der Waals surface area (Å²) >= 11 is 2.54. The number of piperidine rings is 1. The number of carbonyl (C=O) groups excluding carboxylic acids is 2. The lowest BCUT2D eigenvalue weighted by Crippen LogP contribution is -2.39. The number of benzene rings is 2. The quantitative estimate of drug-likeness (QED) is 0.211. The molecule has 2 amide bonds. The van der Waals surface area contributed by atoms with Crippen molar-refractivity contribution in [3.63, 3.8) is 0 Å². The summed E-state index contributed by atoms with van der Waals surface area (Å²) in [6.07, 6.45) is 3.36. The number of nitrogens with one attached hydrogen (secondary N) is 1. The Labute approximate surface area is 234 Å². The SMILES string of the molecule is COc1ccccc1C1CCN(C(=O)CSc2nnc(NC(=O)c3cccnc3Oc3ccccc3)s2)CC1. The number of rotatable bonds is 9. The van der Waals surface area contributed by atoms with Crippen LogP contribution in [-0.2, 0) is 4.79 Å². The van der Waals surface area contributed by atoms with Gasteiger partial charge in [0.15, 0.2) is 4.34 Å². The third-order valence-corrected chi connectivity index (χ3v) is 8.30. The number of pyridine rings is 1. The molecule has 3 heterocycles. The summed E-state index contributed by atoms with van der Waals surface area (Å²) in [7, 11) is 1.69. The average molecular weight is 562 g/mol. The number of aromatic nitrogens is 3. The van der Waals surface area contributed by atoms with Gasteiger partial charge in [0.2, 0.25) is 16.9 Å². The van der Waals surface area contributed by atoms with E-state index in [1.54, 1.807) is 37.6 Å². The van der Waals surface area contributed by atoms with Crippen LogP contribution in [-0.4, -0.2) is 57.8 Å². The lowest BCUT2D eigenvalue weighted by atomic mass is 9.89. The molecule has 0 bridgehead atoms. The maximum absolute atomic E-state index is 12.9. The van der Waals surface area contributed by atoms with Crippen LogP contribution in [0, 0.1) is 0 Å². The molecule has 11 heteroatoms. The van der Waals surface area contributed by atoms with Crippen molar-refractivity contribution in [2.24, 2.45) is 0 Å². The number of hydrogen-bond donors (Lipinski definition) is 1. The number of carbonyl (C=O) groups is 2. The Hall–Kier alpha value is -3.96. The zero-order chi connectivity index (χ0) is 27.0. The molecule has 1 aliphatic heterocycles. The molecule has 0 radical (unpaired) electrons. The van der Waals surface area contributed by atoms with E-state index in [2.05, 4.69) is 26.6 Å². The Balaban J connectivity index is 1.12. The second kappa shape index (κ2) is 12.7. The summed E-state index contributed by atoms with van der Waals surface area (Å²) in [5.41, 5.74) is 1.48. The number of anilines is 1. The highest BCUT2D eigenvalue weighted by molar-refractivity contribution is 8.01. The molecule has 2 aromatic carbocycles. The molecule has 39 heavy (non-hydrogen) atoms. The van der Waals surface area contributed by atoms with Crippen molar-refractivity contribution in [3.8, 4) is 17.4 Å². The van der Waals surface area contributed by atoms with Gasteiger partial charge in [0, 0.05) is 19.3 Å². The van der Waals surface area contributed by atoms with Crippen molar-refractivity contribution in [1.82, 2.24) is 20.1 Å². The molecule has 5 rings (SSSR count). The Kier molecular flexibility index (Phi) is 8.69. The summed E-state index contributed by atoms with van der Waals surface area (Å²) in [4.78, 5) is 31.8. The monoisotopic (exact) mass is 561 g/mol. The zero-order valence-corrected chi connectivity index (χ0v) is 22.9. The Morgan fingerprint density at radius 2 is 1.79 bits per heavy atom. The average Bonchev–Trinajstić information content (AvgIpc) is 3.44. The van der Waals surface area contributed by atoms with Gasteiger partial charge in [0.25, 0.3) is 5.91 Å². The third-order valence-electron chi connectivity index (χ3n) is 6.35. The van der Waals surface area contributed by atoms with Crippen LogP contribution >= 0.6 is 23.1 Å². The summed E-state index contributed by atoms with van der Waals surface area (Å²) in [5.74, 6) is 1.98. The number of ether oxygens (including phenoxy) is 2. The first-order chi connectivity index (χ1) is 19.1. The number of para-hydroxylation sites is 2. The first-order valence-corrected chi connectivity index (χ1v) is 14.3. The van der Waals surface area contributed by atoms with E-state index in [1.165, 1.54) is 28.7 Å². The van der Waals surface area contributed by atoms with Gasteiger partial charge in [-0.15, -0.1) is 10.2 Å². The van der Waals surface area contributed by atoms with Crippen molar-refractivity contribution < 1.29 is 19.1 Å². The number of methoxy groups -OCH3 is 1. The molecular formula is C28H27N5O4S2. The second-order valence-corrected chi connectivity index (χ2v) is 11.0. The van der Waals surface area contributed by atoms with Crippen LogP contribution in [0.15, 0.2) is 77.3 Å². The van der Waals surface area contributed by atoms with E-state index < -0.39 is 5.91 Å². The predicted molar refractivity (Wildman–Crippen MR) is 151 cm³/mol. The van der Waals surface area contributed by atoms with Crippen molar-refractivity contribution >= 4 is 40.0 Å². The van der Waals surface area contributed by atoms with Crippen LogP contribution in [0.3, 0.4) is 0 Å². The van der Waals surface area contributed by atoms with E-state index in [9.17, 15) is 9.59 Å². The molecule has 0 atom stereocenters. The van der Waals surface area contributed by atoms with Crippen LogP contribution in [0.5, 0.6) is 17.4 Å². The summed E-state index contributed by atoms with van der Waals surface area (Å²) < 4.78 is 11.9. The van der Waals surface area contributed by atoms with E-state index in [4.69, 9.17) is 9.47 Å². The predicted octanol–water partition coefficient (Wildman–Crippen LogP) is 5.48. The standard InChI is InChI=1S/C28H27N5O4S2/c1-36-23-12-6-5-10-21(23)19-13-16-33(17-14-19)24(34)18-38-28-32-31-27(39-28)30-25(35)22-11-7-15-29-26(22)37-20-8-3-2-4-9-20/h2-12,15,19H,13-14,16-18H2,1H3,(H,30,31,35). The van der Waals surface area contributed by atoms with Crippen molar-refractivity contribution in [2.75, 3.05) is 31.3 Å². The van der Waals surface area contributed by atoms with Crippen molar-refractivity contribution in [2.45, 2.75) is 23.1 Å². The van der Waals surface area contributed by atoms with Gasteiger partial charge in [-0.2, -0.15) is 0 Å². The largest absolute Gasteiger partial charge is 0.496 e. The van der Waals surface area contributed by atoms with Crippen molar-refractivity contribution in [3.05, 3.63) is 84.1 Å². The van der Waals surface area contributed by atoms with E-state index in [0.717, 1.165) is 18.6 Å². The topological polar surface area (TPSA) is 107 Å². The molecule has 1 fully saturated rings. The highest BCUT2D eigenvalue weighted by atomic mass is 32.2. The van der Waals surface area contributed by atoms with E-state index in [0.29, 0.717) is 34.2 Å². The number of thioether (sulfide) groups is 1. The minimum atomic E-state index is -0.407. The maximum atomic E-state index is 12.9. The third kappa shape index (κ3) is 6.73. The highest BCUT2D eigenvalue weighted by Crippen LogP contribution is 2.34. The van der Waals surface area contributed by atoms with Crippen LogP contribution < -0.4 is 14.8 Å². The van der Waals surface area contributed by atoms with E-state index >= 15 is 0 Å². The van der Waals surface area contributed by atoms with Gasteiger partial charge in [-0.25, -0.2) is 4.98 Å². The number of hydrogen-bond acceptors (Lipinski definition) is 9. The van der Waals surface area contributed by atoms with Gasteiger partial charge < -0.3 is 14.4 Å². The van der Waals surface area contributed by atoms with Gasteiger partial charge in [-0.05, 0) is 54.7 Å². The minimum Gasteiger partial charge on any atom is -0.496 e. The van der Waals surface area contributed by atoms with Crippen LogP contribution in [0.2, 0.25) is 0 Å². The van der Waals surface area contributed by atoms with Crippen LogP contribution in [0.4, 0.5) is 5.13 Å². The molecule has 0 unspecified atom stereocenters. The minimum absolute atomic E-state index is 0.0670. The van der Waals surface area contributed by atoms with Gasteiger partial charge >= 0.3 is 0 Å². The second-order valence-electron chi connectivity index (χ2n) is 8.78. The molecule has 0 spiro atoms. The Morgan fingerprint density at radius 1 is 1.03 bits per heavy atom. The molecule has 1 aliphatic rings. The molecule has 0 saturated carbocycles. The fourth-order valence-electron chi connectivity index (χ4n) is 4.39. The first kappa shape index (κ1) is 26.6. The lowest BCUT2D eigenvalue weighted by Gasteiger charge is -2.32. The number of likely N-dealkylation sites (tertiary alicyclic amines) is 1. The number of amides is 2. The lowest BCUT2D eigenvalue weighted by molar-refractivity contribution is -0.129. The molecule has 0 aliphatic carbocycles. The fraction of sp³-hybridized carbons (Fsp3) is 0.250. The normalized spacial score (nSPS) is 13.6. The molecule has 4 aromatic rings. The maximum Gasteiger partial charge on any atom is 0.262 e. The van der Waals surface area contributed by atoms with Crippen molar-refractivity contribution in [1.29, 1.82) is 0 Å². The molecule has 200 valence electrons. The molecule has 2 aromatic heterocycles. The summed E-state index contributed by atoms with van der Waals surface area (Å²) in [5, 5.41) is 11.3. The van der Waals surface area contributed by atoms with Gasteiger partial charge in [0.1, 0.15) is 17.1 Å². The van der Waals surface area contributed by atoms with E-state index in [1.807, 2.05) is 41.3 Å². The fourth-order valence-corrected chi connectivity index (χ4v) is 6.04. The number of nitrogens with zero attached hydrogens (tertiary/aromatic N) is 4. The first-order valence-electron chi connectivity index (χ1n) is 12.5. The zero-order valence-electron chi connectivity index (χ0n) is 21.3. The highest BCUT2D eigenvalue weighted by Gasteiger charge is 2.26. The van der Waals surface area contributed by atoms with Gasteiger partial charge in [0.05, 0.1) is 12.9 Å². The van der Waals surface area contributed by atoms with Crippen LogP contribution in [0.25, 0.3) is 0 Å². The van der Waals surface area contributed by atoms with Crippen LogP contribution in [0.1, 0.15) is 34.7 Å². The smallest absolute Gasteiger partial charge is 0.262 e.